The summed E-state index contributed by atoms with van der Waals surface area (Å²) in [4.78, 5) is 3.46. The van der Waals surface area contributed by atoms with E-state index in [2.05, 4.69) is 45.0 Å². The summed E-state index contributed by atoms with van der Waals surface area (Å²) >= 11 is 0. The van der Waals surface area contributed by atoms with Crippen LogP contribution in [0.2, 0.25) is 32.2 Å². The zero-order valence-corrected chi connectivity index (χ0v) is 11.3. The fourth-order valence-corrected chi connectivity index (χ4v) is 8.47. The molecule has 1 N–H and O–H groups in total. The van der Waals surface area contributed by atoms with Crippen LogP contribution in [0.5, 0.6) is 0 Å². The average molecular weight is 205 g/mol. The number of hydrogen-bond donors (Lipinski definition) is 1. The highest BCUT2D eigenvalue weighted by Crippen LogP contribution is 2.15. The molecular formula is C8H23NOSi2. The van der Waals surface area contributed by atoms with Gasteiger partial charge in [-0.3, -0.25) is 0 Å². The summed E-state index contributed by atoms with van der Waals surface area (Å²) in [6, 6.07) is 1.20. The molecule has 0 amide bonds. The minimum atomic E-state index is -1.55. The molecule has 0 aromatic carbocycles. The van der Waals surface area contributed by atoms with Gasteiger partial charge in [0, 0.05) is 0 Å². The van der Waals surface area contributed by atoms with Crippen molar-refractivity contribution in [1.29, 1.82) is 0 Å². The van der Waals surface area contributed by atoms with Crippen LogP contribution in [-0.4, -0.2) is 23.3 Å². The van der Waals surface area contributed by atoms with Crippen LogP contribution in [0.25, 0.3) is 0 Å². The van der Waals surface area contributed by atoms with Gasteiger partial charge in [0.25, 0.3) is 8.48 Å². The molecule has 0 saturated heterocycles. The smallest absolute Gasteiger partial charge is 0.251 e. The maximum atomic E-state index is 6.18. The molecule has 0 aliphatic heterocycles. The van der Waals surface area contributed by atoms with Gasteiger partial charge in [-0.2, -0.15) is 0 Å². The lowest BCUT2D eigenvalue weighted by Gasteiger charge is -2.33. The average Bonchev–Trinajstić information content (AvgIpc) is 1.85. The Labute approximate surface area is 79.0 Å². The fraction of sp³-hybridized carbons (Fsp3) is 1.00. The molecular weight excluding hydrogens is 182 g/mol. The minimum absolute atomic E-state index is 1.02. The second kappa shape index (κ2) is 4.55. The Balaban J connectivity index is 4.04. The molecule has 0 aliphatic carbocycles. The van der Waals surface area contributed by atoms with Crippen LogP contribution in [0.15, 0.2) is 0 Å². The molecule has 0 unspecified atom stereocenters. The van der Waals surface area contributed by atoms with Crippen molar-refractivity contribution < 1.29 is 4.12 Å². The van der Waals surface area contributed by atoms with Crippen molar-refractivity contribution in [2.45, 2.75) is 46.1 Å². The predicted octanol–water partition coefficient (Wildman–Crippen LogP) is 2.54. The summed E-state index contributed by atoms with van der Waals surface area (Å²) in [5, 5.41) is 0. The van der Waals surface area contributed by atoms with Crippen LogP contribution in [0.1, 0.15) is 13.8 Å². The highest BCUT2D eigenvalue weighted by Gasteiger charge is 2.30. The first kappa shape index (κ1) is 12.4. The molecule has 0 radical (unpaired) electrons. The Morgan fingerprint density at radius 3 is 1.92 bits per heavy atom. The zero-order chi connectivity index (χ0) is 9.83. The third kappa shape index (κ3) is 5.08. The topological polar surface area (TPSA) is 21.3 Å². The van der Waals surface area contributed by atoms with E-state index < -0.39 is 16.8 Å². The lowest BCUT2D eigenvalue weighted by molar-refractivity contribution is 0.522. The largest absolute Gasteiger partial charge is 0.445 e. The van der Waals surface area contributed by atoms with Gasteiger partial charge in [-0.05, 0) is 38.8 Å². The zero-order valence-electron chi connectivity index (χ0n) is 9.32. The van der Waals surface area contributed by atoms with Crippen molar-refractivity contribution in [3.8, 4) is 0 Å². The highest BCUT2D eigenvalue weighted by atomic mass is 28.4. The van der Waals surface area contributed by atoms with Crippen molar-refractivity contribution in [1.82, 2.24) is 4.98 Å². The Morgan fingerprint density at radius 2 is 1.58 bits per heavy atom. The normalized spacial score (nSPS) is 13.5. The van der Waals surface area contributed by atoms with Gasteiger partial charge in [0.2, 0.25) is 0 Å². The molecule has 0 fully saturated rings. The summed E-state index contributed by atoms with van der Waals surface area (Å²) in [6.07, 6.45) is 0. The third-order valence-electron chi connectivity index (χ3n) is 1.99. The number of hydrogen-bond acceptors (Lipinski definition) is 2. The fourth-order valence-electron chi connectivity index (χ4n) is 1.22. The molecule has 12 heavy (non-hydrogen) atoms. The first-order chi connectivity index (χ1) is 5.33. The van der Waals surface area contributed by atoms with Crippen molar-refractivity contribution in [3.05, 3.63) is 0 Å². The van der Waals surface area contributed by atoms with E-state index in [0.29, 0.717) is 0 Å². The Bertz CT molecular complexity index is 137. The SMILES string of the molecule is CCN[Si](C)(C)O[Si](C)(C)CC. The number of nitrogens with one attached hydrogen (secondary N) is 1. The van der Waals surface area contributed by atoms with Crippen molar-refractivity contribution >= 4 is 16.8 Å². The van der Waals surface area contributed by atoms with Crippen molar-refractivity contribution in [2.75, 3.05) is 6.54 Å². The van der Waals surface area contributed by atoms with Crippen LogP contribution in [0.4, 0.5) is 0 Å². The third-order valence-corrected chi connectivity index (χ3v) is 9.14. The van der Waals surface area contributed by atoms with E-state index in [1.165, 1.54) is 6.04 Å². The maximum Gasteiger partial charge on any atom is 0.251 e. The summed E-state index contributed by atoms with van der Waals surface area (Å²) in [5.74, 6) is 0. The minimum Gasteiger partial charge on any atom is -0.445 e. The molecule has 0 atom stereocenters. The van der Waals surface area contributed by atoms with Crippen LogP contribution in [0, 0.1) is 0 Å². The second-order valence-corrected chi connectivity index (χ2v) is 12.7. The summed E-state index contributed by atoms with van der Waals surface area (Å²) in [6.45, 7) is 14.4. The van der Waals surface area contributed by atoms with Crippen LogP contribution >= 0.6 is 0 Å². The molecule has 0 rings (SSSR count). The molecule has 0 aliphatic rings. The molecule has 0 saturated carbocycles. The molecule has 2 nitrogen and oxygen atoms in total. The molecule has 74 valence electrons. The van der Waals surface area contributed by atoms with Crippen molar-refractivity contribution in [2.24, 2.45) is 0 Å². The van der Waals surface area contributed by atoms with Gasteiger partial charge in [-0.15, -0.1) is 0 Å². The highest BCUT2D eigenvalue weighted by molar-refractivity contribution is 6.83. The Kier molecular flexibility index (Phi) is 4.69. The van der Waals surface area contributed by atoms with Crippen molar-refractivity contribution in [3.63, 3.8) is 0 Å². The first-order valence-electron chi connectivity index (χ1n) is 4.78. The van der Waals surface area contributed by atoms with Gasteiger partial charge >= 0.3 is 0 Å². The van der Waals surface area contributed by atoms with Gasteiger partial charge in [0.15, 0.2) is 8.32 Å². The first-order valence-corrected chi connectivity index (χ1v) is 10.8. The van der Waals surface area contributed by atoms with E-state index in [1.54, 1.807) is 0 Å². The lowest BCUT2D eigenvalue weighted by Crippen LogP contribution is -2.54. The van der Waals surface area contributed by atoms with Gasteiger partial charge in [-0.25, -0.2) is 0 Å². The van der Waals surface area contributed by atoms with E-state index in [1.807, 2.05) is 0 Å². The summed E-state index contributed by atoms with van der Waals surface area (Å²) in [5.41, 5.74) is 0. The molecule has 0 spiro atoms. The van der Waals surface area contributed by atoms with Crippen LogP contribution in [0.3, 0.4) is 0 Å². The predicted molar refractivity (Wildman–Crippen MR) is 60.2 cm³/mol. The maximum absolute atomic E-state index is 6.18. The lowest BCUT2D eigenvalue weighted by atomic mass is 10.8. The van der Waals surface area contributed by atoms with Crippen LogP contribution < -0.4 is 4.98 Å². The summed E-state index contributed by atoms with van der Waals surface area (Å²) < 4.78 is 6.18. The summed E-state index contributed by atoms with van der Waals surface area (Å²) in [7, 11) is -2.90. The molecule has 4 heteroatoms. The quantitative estimate of drug-likeness (QED) is 0.697. The van der Waals surface area contributed by atoms with Gasteiger partial charge in [0.05, 0.1) is 0 Å². The van der Waals surface area contributed by atoms with E-state index in [-0.39, 0.29) is 0 Å². The molecule has 0 heterocycles. The molecule has 0 aromatic rings. The molecule has 0 aromatic heterocycles. The van der Waals surface area contributed by atoms with Gasteiger partial charge < -0.3 is 9.10 Å². The Morgan fingerprint density at radius 1 is 1.08 bits per heavy atom. The Hall–Kier alpha value is 0.354. The van der Waals surface area contributed by atoms with E-state index in [0.717, 1.165) is 6.54 Å². The standard InChI is InChI=1S/C8H23NOSi2/c1-7-9-12(5,6)10-11(3,4)8-2/h9H,7-8H2,1-6H3. The van der Waals surface area contributed by atoms with Gasteiger partial charge in [0.1, 0.15) is 0 Å². The van der Waals surface area contributed by atoms with Crippen LogP contribution in [-0.2, 0) is 4.12 Å². The van der Waals surface area contributed by atoms with E-state index in [9.17, 15) is 0 Å². The second-order valence-electron chi connectivity index (χ2n) is 4.26. The number of rotatable bonds is 5. The molecule has 0 bridgehead atoms. The monoisotopic (exact) mass is 205 g/mol. The van der Waals surface area contributed by atoms with Gasteiger partial charge in [-0.1, -0.05) is 13.8 Å². The van der Waals surface area contributed by atoms with E-state index in [4.69, 9.17) is 4.12 Å². The van der Waals surface area contributed by atoms with E-state index >= 15 is 0 Å².